The molecule has 1 aromatic rings. The van der Waals surface area contributed by atoms with Crippen molar-refractivity contribution in [2.75, 3.05) is 18.8 Å². The number of aromatic amines is 1. The smallest absolute Gasteiger partial charge is 0.243 e. The molecule has 1 fully saturated rings. The lowest BCUT2D eigenvalue weighted by Crippen LogP contribution is -2.41. The fraction of sp³-hybridized carbons (Fsp3) is 0.750. The summed E-state index contributed by atoms with van der Waals surface area (Å²) >= 11 is 2.09. The second-order valence-corrected chi connectivity index (χ2v) is 7.59. The average Bonchev–Trinajstić information content (AvgIpc) is 3.04. The highest BCUT2D eigenvalue weighted by Crippen LogP contribution is 2.28. The lowest BCUT2D eigenvalue weighted by molar-refractivity contribution is -0.123. The number of imidazole rings is 1. The summed E-state index contributed by atoms with van der Waals surface area (Å²) in [6.07, 6.45) is 10.6. The molecule has 0 unspecified atom stereocenters. The summed E-state index contributed by atoms with van der Waals surface area (Å²) in [6.45, 7) is 1.58. The summed E-state index contributed by atoms with van der Waals surface area (Å²) in [4.78, 5) is 19.7. The molecule has 0 saturated heterocycles. The van der Waals surface area contributed by atoms with Gasteiger partial charge in [-0.3, -0.25) is 4.79 Å². The van der Waals surface area contributed by atoms with Crippen LogP contribution in [0.1, 0.15) is 56.0 Å². The Morgan fingerprint density at radius 1 is 1.36 bits per heavy atom. The fourth-order valence-corrected chi connectivity index (χ4v) is 4.61. The van der Waals surface area contributed by atoms with Gasteiger partial charge in [-0.15, -0.1) is 0 Å². The van der Waals surface area contributed by atoms with Gasteiger partial charge in [0.15, 0.2) is 0 Å². The molecular weight excluding hydrogens is 296 g/mol. The van der Waals surface area contributed by atoms with Crippen LogP contribution < -0.4 is 10.6 Å². The van der Waals surface area contributed by atoms with Crippen LogP contribution >= 0.6 is 11.8 Å². The molecule has 3 rings (SSSR count). The zero-order valence-corrected chi connectivity index (χ0v) is 13.9. The van der Waals surface area contributed by atoms with Crippen LogP contribution in [0.25, 0.3) is 0 Å². The van der Waals surface area contributed by atoms with Crippen LogP contribution in [0.5, 0.6) is 0 Å². The molecule has 1 amide bonds. The van der Waals surface area contributed by atoms with E-state index in [2.05, 4.69) is 32.4 Å². The van der Waals surface area contributed by atoms with E-state index in [1.165, 1.54) is 32.1 Å². The third kappa shape index (κ3) is 4.04. The molecule has 22 heavy (non-hydrogen) atoms. The molecule has 6 heteroatoms. The summed E-state index contributed by atoms with van der Waals surface area (Å²) in [5.74, 6) is 1.20. The van der Waals surface area contributed by atoms with Crippen molar-refractivity contribution in [3.8, 4) is 0 Å². The van der Waals surface area contributed by atoms with Gasteiger partial charge in [0.05, 0.1) is 12.0 Å². The minimum absolute atomic E-state index is 0.0516. The molecule has 5 nitrogen and oxygen atoms in total. The Balaban J connectivity index is 1.35. The van der Waals surface area contributed by atoms with Crippen molar-refractivity contribution in [3.63, 3.8) is 0 Å². The van der Waals surface area contributed by atoms with Crippen molar-refractivity contribution in [1.29, 1.82) is 0 Å². The lowest BCUT2D eigenvalue weighted by Gasteiger charge is -2.22. The van der Waals surface area contributed by atoms with Gasteiger partial charge in [0.1, 0.15) is 6.04 Å². The van der Waals surface area contributed by atoms with E-state index in [9.17, 15) is 4.79 Å². The number of thioether (sulfide) groups is 1. The average molecular weight is 322 g/mol. The maximum Gasteiger partial charge on any atom is 0.243 e. The summed E-state index contributed by atoms with van der Waals surface area (Å²) < 4.78 is 0. The summed E-state index contributed by atoms with van der Waals surface area (Å²) in [7, 11) is 0. The first-order valence-corrected chi connectivity index (χ1v) is 9.54. The number of aromatic nitrogens is 2. The molecule has 1 atom stereocenters. The number of nitrogens with zero attached hydrogens (tertiary/aromatic N) is 1. The minimum Gasteiger partial charge on any atom is -0.354 e. The molecule has 1 aromatic heterocycles. The van der Waals surface area contributed by atoms with Gasteiger partial charge in [-0.1, -0.05) is 19.3 Å². The van der Waals surface area contributed by atoms with E-state index in [1.54, 1.807) is 6.33 Å². The zero-order chi connectivity index (χ0) is 15.2. The Bertz CT molecular complexity index is 484. The first kappa shape index (κ1) is 15.9. The van der Waals surface area contributed by atoms with Gasteiger partial charge in [0.25, 0.3) is 0 Å². The predicted molar refractivity (Wildman–Crippen MR) is 90.0 cm³/mol. The normalized spacial score (nSPS) is 22.3. The van der Waals surface area contributed by atoms with Crippen LogP contribution in [0.15, 0.2) is 6.33 Å². The van der Waals surface area contributed by atoms with Gasteiger partial charge in [-0.2, -0.15) is 11.8 Å². The molecule has 122 valence electrons. The molecule has 1 aliphatic carbocycles. The third-order valence-corrected chi connectivity index (χ3v) is 6.00. The molecule has 3 N–H and O–H groups in total. The molecule has 0 radical (unpaired) electrons. The number of nitrogens with one attached hydrogen (secondary N) is 3. The van der Waals surface area contributed by atoms with Gasteiger partial charge in [0, 0.05) is 30.5 Å². The van der Waals surface area contributed by atoms with E-state index in [1.807, 2.05) is 0 Å². The van der Waals surface area contributed by atoms with E-state index in [0.29, 0.717) is 0 Å². The Morgan fingerprint density at radius 2 is 2.23 bits per heavy atom. The van der Waals surface area contributed by atoms with Gasteiger partial charge in [-0.05, 0) is 25.0 Å². The largest absolute Gasteiger partial charge is 0.354 e. The van der Waals surface area contributed by atoms with Crippen LogP contribution in [0.4, 0.5) is 0 Å². The van der Waals surface area contributed by atoms with Crippen LogP contribution in [0.3, 0.4) is 0 Å². The Labute approximate surface area is 136 Å². The summed E-state index contributed by atoms with van der Waals surface area (Å²) in [6, 6.07) is -0.291. The zero-order valence-electron chi connectivity index (χ0n) is 13.1. The van der Waals surface area contributed by atoms with Crippen LogP contribution in [-0.4, -0.2) is 40.0 Å². The van der Waals surface area contributed by atoms with E-state index >= 15 is 0 Å². The molecule has 1 aliphatic heterocycles. The van der Waals surface area contributed by atoms with Gasteiger partial charge < -0.3 is 15.6 Å². The fourth-order valence-electron chi connectivity index (χ4n) is 3.30. The summed E-state index contributed by atoms with van der Waals surface area (Å²) in [5, 5.41) is 7.16. The Kier molecular flexibility index (Phi) is 5.78. The molecule has 2 aliphatic rings. The predicted octanol–water partition coefficient (Wildman–Crippen LogP) is 2.17. The van der Waals surface area contributed by atoms with E-state index < -0.39 is 0 Å². The highest BCUT2D eigenvalue weighted by Gasteiger charge is 2.27. The van der Waals surface area contributed by atoms with Crippen LogP contribution in [0.2, 0.25) is 0 Å². The molecular formula is C16H26N4OS. The van der Waals surface area contributed by atoms with Crippen molar-refractivity contribution < 1.29 is 4.79 Å². The molecule has 0 bridgehead atoms. The quantitative estimate of drug-likeness (QED) is 0.702. The van der Waals surface area contributed by atoms with E-state index in [0.717, 1.165) is 48.3 Å². The molecule has 1 saturated carbocycles. The molecule has 2 heterocycles. The van der Waals surface area contributed by atoms with Crippen molar-refractivity contribution >= 4 is 17.7 Å². The molecule has 0 aromatic carbocycles. The maximum atomic E-state index is 12.3. The number of hydrogen-bond acceptors (Lipinski definition) is 4. The number of carbonyl (C=O) groups excluding carboxylic acids is 1. The number of rotatable bonds is 6. The highest BCUT2D eigenvalue weighted by atomic mass is 32.2. The van der Waals surface area contributed by atoms with E-state index in [4.69, 9.17) is 0 Å². The number of H-pyrrole nitrogens is 1. The van der Waals surface area contributed by atoms with Crippen molar-refractivity contribution in [3.05, 3.63) is 17.7 Å². The first-order valence-electron chi connectivity index (χ1n) is 8.49. The van der Waals surface area contributed by atoms with Crippen molar-refractivity contribution in [1.82, 2.24) is 20.6 Å². The monoisotopic (exact) mass is 322 g/mol. The molecule has 0 spiro atoms. The van der Waals surface area contributed by atoms with Gasteiger partial charge in [0.2, 0.25) is 5.91 Å². The van der Waals surface area contributed by atoms with Gasteiger partial charge in [-0.25, -0.2) is 4.98 Å². The highest BCUT2D eigenvalue weighted by molar-refractivity contribution is 7.99. The lowest BCUT2D eigenvalue weighted by atomic mass is 10.0. The third-order valence-electron chi connectivity index (χ3n) is 4.54. The Hall–Kier alpha value is -1.01. The topological polar surface area (TPSA) is 69.8 Å². The SMILES string of the molecule is O=C(NCCCSC1CCCCC1)[C@@H]1NCCc2[nH]cnc21. The van der Waals surface area contributed by atoms with Crippen LogP contribution in [0, 0.1) is 0 Å². The first-order chi connectivity index (χ1) is 10.8. The van der Waals surface area contributed by atoms with E-state index in [-0.39, 0.29) is 11.9 Å². The number of fused-ring (bicyclic) bond motifs is 1. The second-order valence-electron chi connectivity index (χ2n) is 6.18. The maximum absolute atomic E-state index is 12.3. The second kappa shape index (κ2) is 8.02. The number of carbonyl (C=O) groups is 1. The number of amides is 1. The van der Waals surface area contributed by atoms with Crippen molar-refractivity contribution in [2.24, 2.45) is 0 Å². The summed E-state index contributed by atoms with van der Waals surface area (Å²) in [5.41, 5.74) is 1.95. The number of hydrogen-bond donors (Lipinski definition) is 3. The minimum atomic E-state index is -0.291. The Morgan fingerprint density at radius 3 is 3.09 bits per heavy atom. The van der Waals surface area contributed by atoms with Crippen LogP contribution in [-0.2, 0) is 11.2 Å². The van der Waals surface area contributed by atoms with Gasteiger partial charge >= 0.3 is 0 Å². The van der Waals surface area contributed by atoms with Crippen molar-refractivity contribution in [2.45, 2.75) is 56.2 Å². The standard InChI is InChI=1S/C16H26N4OS/c21-16(15-14-13(7-9-17-15)19-11-20-14)18-8-4-10-22-12-5-2-1-3-6-12/h11-12,15,17H,1-10H2,(H,18,21)(H,19,20)/t15-/m1/s1.